The summed E-state index contributed by atoms with van der Waals surface area (Å²) in [5.41, 5.74) is 5.84. The van der Waals surface area contributed by atoms with Crippen molar-refractivity contribution in [2.24, 2.45) is 5.73 Å². The Kier molecular flexibility index (Phi) is 5.04. The number of nitrogens with two attached hydrogens (primary N) is 1. The molecule has 1 rings (SSSR count). The highest BCUT2D eigenvalue weighted by molar-refractivity contribution is 7.84. The smallest absolute Gasteiger partial charge is 0.273 e. The summed E-state index contributed by atoms with van der Waals surface area (Å²) < 4.78 is 11.7. The second-order valence-electron chi connectivity index (χ2n) is 3.76. The molecule has 0 saturated carbocycles. The van der Waals surface area contributed by atoms with Gasteiger partial charge in [-0.25, -0.2) is 0 Å². The van der Waals surface area contributed by atoms with Crippen LogP contribution in [0, 0.1) is 10.1 Å². The molecule has 0 amide bonds. The standard InChI is InChI=1S/C10H13ClN2O3S/c1-7(12)5-17(16)6-8-4-9(11)2-3-10(8)13(14)15/h2-4,7H,5-6,12H2,1H3. The molecule has 2 atom stereocenters. The predicted molar refractivity (Wildman–Crippen MR) is 68.5 cm³/mol. The zero-order valence-electron chi connectivity index (χ0n) is 9.26. The first-order chi connectivity index (χ1) is 7.90. The largest absolute Gasteiger partial charge is 0.327 e. The van der Waals surface area contributed by atoms with Gasteiger partial charge >= 0.3 is 0 Å². The lowest BCUT2D eigenvalue weighted by Crippen LogP contribution is -2.23. The van der Waals surface area contributed by atoms with Crippen molar-refractivity contribution in [2.45, 2.75) is 18.7 Å². The van der Waals surface area contributed by atoms with Gasteiger partial charge in [0.05, 0.1) is 10.7 Å². The van der Waals surface area contributed by atoms with Crippen LogP contribution in [-0.2, 0) is 16.6 Å². The fourth-order valence-corrected chi connectivity index (χ4v) is 2.85. The van der Waals surface area contributed by atoms with Crippen molar-refractivity contribution in [3.05, 3.63) is 38.9 Å². The lowest BCUT2D eigenvalue weighted by molar-refractivity contribution is -0.385. The fraction of sp³-hybridized carbons (Fsp3) is 0.400. The van der Waals surface area contributed by atoms with Crippen LogP contribution in [0.1, 0.15) is 12.5 Å². The number of nitrogens with zero attached hydrogens (tertiary/aromatic N) is 1. The number of hydrogen-bond acceptors (Lipinski definition) is 4. The third-order valence-corrected chi connectivity index (χ3v) is 3.77. The van der Waals surface area contributed by atoms with E-state index in [4.69, 9.17) is 17.3 Å². The topological polar surface area (TPSA) is 86.2 Å². The lowest BCUT2D eigenvalue weighted by atomic mass is 10.2. The Labute approximate surface area is 107 Å². The van der Waals surface area contributed by atoms with Gasteiger partial charge in [0.25, 0.3) is 5.69 Å². The van der Waals surface area contributed by atoms with Crippen molar-refractivity contribution in [3.63, 3.8) is 0 Å². The molecule has 0 aliphatic carbocycles. The van der Waals surface area contributed by atoms with Crippen LogP contribution in [0.5, 0.6) is 0 Å². The van der Waals surface area contributed by atoms with E-state index < -0.39 is 15.7 Å². The molecule has 0 spiro atoms. The van der Waals surface area contributed by atoms with E-state index in [1.54, 1.807) is 6.92 Å². The molecule has 0 fully saturated rings. The second-order valence-corrected chi connectivity index (χ2v) is 5.70. The highest BCUT2D eigenvalue weighted by Gasteiger charge is 2.16. The summed E-state index contributed by atoms with van der Waals surface area (Å²) in [5.74, 6) is 0.405. The molecule has 0 bridgehead atoms. The third-order valence-electron chi connectivity index (χ3n) is 2.00. The number of nitro groups is 1. The first-order valence-corrected chi connectivity index (χ1v) is 6.80. The number of halogens is 1. The summed E-state index contributed by atoms with van der Waals surface area (Å²) in [4.78, 5) is 10.3. The van der Waals surface area contributed by atoms with E-state index in [9.17, 15) is 14.3 Å². The monoisotopic (exact) mass is 276 g/mol. The average Bonchev–Trinajstić information content (AvgIpc) is 2.15. The molecule has 0 saturated heterocycles. The van der Waals surface area contributed by atoms with Gasteiger partial charge in [-0.05, 0) is 19.1 Å². The molecule has 0 aliphatic rings. The summed E-state index contributed by atoms with van der Waals surface area (Å²) in [7, 11) is -1.22. The summed E-state index contributed by atoms with van der Waals surface area (Å²) in [5, 5.41) is 11.2. The molecule has 2 N–H and O–H groups in total. The molecule has 94 valence electrons. The maximum atomic E-state index is 11.7. The van der Waals surface area contributed by atoms with Crippen molar-refractivity contribution in [2.75, 3.05) is 5.75 Å². The van der Waals surface area contributed by atoms with E-state index in [0.717, 1.165) is 0 Å². The van der Waals surface area contributed by atoms with Gasteiger partial charge in [0, 0.05) is 39.2 Å². The number of hydrogen-bond donors (Lipinski definition) is 1. The van der Waals surface area contributed by atoms with Crippen molar-refractivity contribution in [1.82, 2.24) is 0 Å². The highest BCUT2D eigenvalue weighted by Crippen LogP contribution is 2.24. The van der Waals surface area contributed by atoms with Crippen molar-refractivity contribution in [3.8, 4) is 0 Å². The molecular formula is C10H13ClN2O3S. The Morgan fingerprint density at radius 3 is 2.76 bits per heavy atom. The van der Waals surface area contributed by atoms with E-state index in [1.807, 2.05) is 0 Å². The first-order valence-electron chi connectivity index (χ1n) is 4.93. The molecule has 0 radical (unpaired) electrons. The van der Waals surface area contributed by atoms with Gasteiger partial charge in [0.2, 0.25) is 0 Å². The molecule has 2 unspecified atom stereocenters. The molecule has 0 heterocycles. The maximum Gasteiger partial charge on any atom is 0.273 e. The molecule has 1 aromatic carbocycles. The van der Waals surface area contributed by atoms with E-state index >= 15 is 0 Å². The zero-order valence-corrected chi connectivity index (χ0v) is 10.8. The minimum absolute atomic E-state index is 0.0626. The van der Waals surface area contributed by atoms with Crippen LogP contribution in [0.4, 0.5) is 5.69 Å². The van der Waals surface area contributed by atoms with Gasteiger partial charge in [0.15, 0.2) is 0 Å². The predicted octanol–water partition coefficient (Wildman–Crippen LogP) is 1.84. The van der Waals surface area contributed by atoms with E-state index in [2.05, 4.69) is 0 Å². The third kappa shape index (κ3) is 4.41. The van der Waals surface area contributed by atoms with E-state index in [-0.39, 0.29) is 17.5 Å². The van der Waals surface area contributed by atoms with Gasteiger partial charge in [-0.3, -0.25) is 14.3 Å². The van der Waals surface area contributed by atoms with Crippen LogP contribution >= 0.6 is 11.6 Å². The number of rotatable bonds is 5. The second kappa shape index (κ2) is 6.09. The molecule has 7 heteroatoms. The van der Waals surface area contributed by atoms with Crippen molar-refractivity contribution < 1.29 is 9.13 Å². The van der Waals surface area contributed by atoms with E-state index in [0.29, 0.717) is 16.3 Å². The summed E-state index contributed by atoms with van der Waals surface area (Å²) in [6.07, 6.45) is 0. The average molecular weight is 277 g/mol. The van der Waals surface area contributed by atoms with Crippen molar-refractivity contribution in [1.29, 1.82) is 0 Å². The van der Waals surface area contributed by atoms with Gasteiger partial charge in [0.1, 0.15) is 0 Å². The van der Waals surface area contributed by atoms with Gasteiger partial charge < -0.3 is 5.73 Å². The molecular weight excluding hydrogens is 264 g/mol. The van der Waals surface area contributed by atoms with Crippen LogP contribution in [-0.4, -0.2) is 20.9 Å². The first kappa shape index (κ1) is 14.1. The normalized spacial score (nSPS) is 14.3. The molecule has 17 heavy (non-hydrogen) atoms. The SMILES string of the molecule is CC(N)CS(=O)Cc1cc(Cl)ccc1[N+](=O)[O-]. The van der Waals surface area contributed by atoms with Crippen LogP contribution in [0.2, 0.25) is 5.02 Å². The molecule has 0 aromatic heterocycles. The Balaban J connectivity index is 2.92. The number of nitro benzene ring substituents is 1. The summed E-state index contributed by atoms with van der Waals surface area (Å²) >= 11 is 5.76. The Bertz CT molecular complexity index is 451. The van der Waals surface area contributed by atoms with Crippen molar-refractivity contribution >= 4 is 28.1 Å². The van der Waals surface area contributed by atoms with Gasteiger partial charge in [-0.2, -0.15) is 0 Å². The highest BCUT2D eigenvalue weighted by atomic mass is 35.5. The summed E-state index contributed by atoms with van der Waals surface area (Å²) in [6, 6.07) is 4.03. The minimum Gasteiger partial charge on any atom is -0.327 e. The minimum atomic E-state index is -1.22. The van der Waals surface area contributed by atoms with Gasteiger partial charge in [-0.1, -0.05) is 11.6 Å². The maximum absolute atomic E-state index is 11.7. The zero-order chi connectivity index (χ0) is 13.0. The summed E-state index contributed by atoms with van der Waals surface area (Å²) in [6.45, 7) is 1.74. The van der Waals surface area contributed by atoms with Crippen LogP contribution in [0.25, 0.3) is 0 Å². The Morgan fingerprint density at radius 1 is 1.59 bits per heavy atom. The lowest BCUT2D eigenvalue weighted by Gasteiger charge is -2.06. The quantitative estimate of drug-likeness (QED) is 0.657. The van der Waals surface area contributed by atoms with Crippen LogP contribution < -0.4 is 5.73 Å². The molecule has 1 aromatic rings. The Morgan fingerprint density at radius 2 is 2.24 bits per heavy atom. The molecule has 5 nitrogen and oxygen atoms in total. The molecule has 0 aliphatic heterocycles. The van der Waals surface area contributed by atoms with E-state index in [1.165, 1.54) is 18.2 Å². The van der Waals surface area contributed by atoms with Crippen LogP contribution in [0.3, 0.4) is 0 Å². The fourth-order valence-electron chi connectivity index (χ4n) is 1.37. The Hall–Kier alpha value is -0.980. The van der Waals surface area contributed by atoms with Crippen LogP contribution in [0.15, 0.2) is 18.2 Å². The number of benzene rings is 1. The van der Waals surface area contributed by atoms with Gasteiger partial charge in [-0.15, -0.1) is 0 Å².